The summed E-state index contributed by atoms with van der Waals surface area (Å²) in [6.45, 7) is 6.15. The molecule has 3 nitrogen and oxygen atoms in total. The molecule has 1 rings (SSSR count). The highest BCUT2D eigenvalue weighted by molar-refractivity contribution is 7.91. The Hall–Kier alpha value is -0.100. The van der Waals surface area contributed by atoms with Gasteiger partial charge in [0.25, 0.3) is 10.0 Å². The lowest BCUT2D eigenvalue weighted by Crippen LogP contribution is -2.35. The van der Waals surface area contributed by atoms with E-state index in [0.29, 0.717) is 22.4 Å². The summed E-state index contributed by atoms with van der Waals surface area (Å²) >= 11 is 6.99. The van der Waals surface area contributed by atoms with Crippen LogP contribution in [0.25, 0.3) is 0 Å². The standard InChI is InChI=1S/C13H22ClNO2S2/c1-10(2)9-11(3)15(4)19(16,17)13-6-5-12(18-13)7-8-14/h5-6,10-11H,7-9H2,1-4H3. The number of aryl methyl sites for hydroxylation is 1. The van der Waals surface area contributed by atoms with Gasteiger partial charge in [-0.3, -0.25) is 0 Å². The SMILES string of the molecule is CC(C)CC(C)N(C)S(=O)(=O)c1ccc(CCCl)s1. The van der Waals surface area contributed by atoms with Crippen LogP contribution in [0.4, 0.5) is 0 Å². The van der Waals surface area contributed by atoms with E-state index >= 15 is 0 Å². The van der Waals surface area contributed by atoms with E-state index < -0.39 is 10.0 Å². The fourth-order valence-electron chi connectivity index (χ4n) is 1.93. The largest absolute Gasteiger partial charge is 0.252 e. The molecule has 6 heteroatoms. The van der Waals surface area contributed by atoms with Gasteiger partial charge in [0.05, 0.1) is 0 Å². The van der Waals surface area contributed by atoms with Crippen molar-refractivity contribution < 1.29 is 8.42 Å². The van der Waals surface area contributed by atoms with Crippen molar-refractivity contribution in [2.45, 2.75) is 43.9 Å². The first-order valence-corrected chi connectivity index (χ1v) is 9.20. The third kappa shape index (κ3) is 4.45. The van der Waals surface area contributed by atoms with Gasteiger partial charge in [0, 0.05) is 23.8 Å². The molecule has 0 aliphatic rings. The van der Waals surface area contributed by atoms with E-state index in [1.165, 1.54) is 15.6 Å². The Morgan fingerprint density at radius 3 is 2.47 bits per heavy atom. The van der Waals surface area contributed by atoms with Crippen LogP contribution >= 0.6 is 22.9 Å². The molecule has 1 heterocycles. The lowest BCUT2D eigenvalue weighted by atomic mass is 10.1. The number of nitrogens with zero attached hydrogens (tertiary/aromatic N) is 1. The van der Waals surface area contributed by atoms with Crippen LogP contribution in [0.2, 0.25) is 0 Å². The fraction of sp³-hybridized carbons (Fsp3) is 0.692. The molecule has 0 radical (unpaired) electrons. The molecule has 0 aromatic carbocycles. The van der Waals surface area contributed by atoms with Crippen molar-refractivity contribution in [3.8, 4) is 0 Å². The first-order chi connectivity index (χ1) is 8.78. The molecule has 0 aliphatic heterocycles. The third-order valence-corrected chi connectivity index (χ3v) is 6.82. The van der Waals surface area contributed by atoms with E-state index in [9.17, 15) is 8.42 Å². The van der Waals surface area contributed by atoms with Crippen LogP contribution in [0.15, 0.2) is 16.3 Å². The smallest absolute Gasteiger partial charge is 0.206 e. The molecule has 19 heavy (non-hydrogen) atoms. The Morgan fingerprint density at radius 1 is 1.32 bits per heavy atom. The molecule has 110 valence electrons. The second-order valence-corrected chi connectivity index (χ2v) is 8.93. The van der Waals surface area contributed by atoms with E-state index in [0.717, 1.165) is 11.3 Å². The quantitative estimate of drug-likeness (QED) is 0.719. The lowest BCUT2D eigenvalue weighted by Gasteiger charge is -2.24. The summed E-state index contributed by atoms with van der Waals surface area (Å²) in [5.74, 6) is 0.988. The minimum atomic E-state index is -3.37. The molecule has 1 aromatic rings. The van der Waals surface area contributed by atoms with Gasteiger partial charge in [0.2, 0.25) is 0 Å². The van der Waals surface area contributed by atoms with Crippen LogP contribution < -0.4 is 0 Å². The predicted molar refractivity (Wildman–Crippen MR) is 82.6 cm³/mol. The van der Waals surface area contributed by atoms with Gasteiger partial charge >= 0.3 is 0 Å². The highest BCUT2D eigenvalue weighted by atomic mass is 35.5. The zero-order valence-electron chi connectivity index (χ0n) is 11.9. The van der Waals surface area contributed by atoms with E-state index in [1.54, 1.807) is 13.1 Å². The minimum Gasteiger partial charge on any atom is -0.206 e. The van der Waals surface area contributed by atoms with Crippen molar-refractivity contribution >= 4 is 33.0 Å². The number of rotatable bonds is 7. The topological polar surface area (TPSA) is 37.4 Å². The van der Waals surface area contributed by atoms with Crippen molar-refractivity contribution in [3.05, 3.63) is 17.0 Å². The van der Waals surface area contributed by atoms with E-state index in [4.69, 9.17) is 11.6 Å². The Labute approximate surface area is 125 Å². The molecule has 1 unspecified atom stereocenters. The van der Waals surface area contributed by atoms with Crippen molar-refractivity contribution in [1.29, 1.82) is 0 Å². The van der Waals surface area contributed by atoms with Crippen LogP contribution in [0.5, 0.6) is 0 Å². The first-order valence-electron chi connectivity index (χ1n) is 6.41. The number of hydrogen-bond donors (Lipinski definition) is 0. The Bertz CT molecular complexity index is 496. The second-order valence-electron chi connectivity index (χ2n) is 5.16. The van der Waals surface area contributed by atoms with E-state index in [1.807, 2.05) is 13.0 Å². The molecule has 0 bridgehead atoms. The number of hydrogen-bond acceptors (Lipinski definition) is 3. The van der Waals surface area contributed by atoms with Gasteiger partial charge in [-0.1, -0.05) is 13.8 Å². The van der Waals surface area contributed by atoms with Crippen LogP contribution in [-0.4, -0.2) is 31.7 Å². The summed E-state index contributed by atoms with van der Waals surface area (Å²) in [6, 6.07) is 3.53. The van der Waals surface area contributed by atoms with Gasteiger partial charge in [-0.25, -0.2) is 8.42 Å². The maximum absolute atomic E-state index is 12.5. The molecule has 0 aliphatic carbocycles. The van der Waals surface area contributed by atoms with Crippen LogP contribution in [-0.2, 0) is 16.4 Å². The van der Waals surface area contributed by atoms with Gasteiger partial charge in [0.15, 0.2) is 0 Å². The van der Waals surface area contributed by atoms with Crippen molar-refractivity contribution in [3.63, 3.8) is 0 Å². The molecule has 0 saturated heterocycles. The Balaban J connectivity index is 2.89. The van der Waals surface area contributed by atoms with Gasteiger partial charge in [0.1, 0.15) is 4.21 Å². The Morgan fingerprint density at radius 2 is 1.95 bits per heavy atom. The summed E-state index contributed by atoms with van der Waals surface area (Å²) < 4.78 is 26.8. The monoisotopic (exact) mass is 323 g/mol. The van der Waals surface area contributed by atoms with Crippen molar-refractivity contribution in [1.82, 2.24) is 4.31 Å². The summed E-state index contributed by atoms with van der Waals surface area (Å²) in [4.78, 5) is 1.01. The van der Waals surface area contributed by atoms with Gasteiger partial charge in [-0.05, 0) is 37.8 Å². The molecule has 1 atom stereocenters. The van der Waals surface area contributed by atoms with Crippen molar-refractivity contribution in [2.24, 2.45) is 5.92 Å². The number of alkyl halides is 1. The molecule has 0 fully saturated rings. The maximum Gasteiger partial charge on any atom is 0.252 e. The van der Waals surface area contributed by atoms with Crippen molar-refractivity contribution in [2.75, 3.05) is 12.9 Å². The molecule has 0 spiro atoms. The molecule has 0 N–H and O–H groups in total. The molecular weight excluding hydrogens is 302 g/mol. The predicted octanol–water partition coefficient (Wildman–Crippen LogP) is 3.58. The van der Waals surface area contributed by atoms with Gasteiger partial charge in [-0.2, -0.15) is 4.31 Å². The first kappa shape index (κ1) is 17.0. The summed E-state index contributed by atoms with van der Waals surface area (Å²) in [5.41, 5.74) is 0. The summed E-state index contributed by atoms with van der Waals surface area (Å²) in [5, 5.41) is 0. The average molecular weight is 324 g/mol. The Kier molecular flexibility index (Phi) is 6.30. The highest BCUT2D eigenvalue weighted by Crippen LogP contribution is 2.27. The maximum atomic E-state index is 12.5. The van der Waals surface area contributed by atoms with Crippen LogP contribution in [0, 0.1) is 5.92 Å². The normalized spacial score (nSPS) is 14.3. The summed E-state index contributed by atoms with van der Waals surface area (Å²) in [7, 11) is -1.72. The molecule has 0 saturated carbocycles. The highest BCUT2D eigenvalue weighted by Gasteiger charge is 2.27. The fourth-order valence-corrected chi connectivity index (χ4v) is 5.16. The van der Waals surface area contributed by atoms with Gasteiger partial charge in [-0.15, -0.1) is 22.9 Å². The van der Waals surface area contributed by atoms with Crippen LogP contribution in [0.1, 0.15) is 32.1 Å². The molecular formula is C13H22ClNO2S2. The number of sulfonamides is 1. The average Bonchev–Trinajstić information content (AvgIpc) is 2.76. The summed E-state index contributed by atoms with van der Waals surface area (Å²) in [6.07, 6.45) is 1.57. The van der Waals surface area contributed by atoms with E-state index in [-0.39, 0.29) is 6.04 Å². The molecule has 0 amide bonds. The second kappa shape index (κ2) is 7.07. The number of thiophene rings is 1. The lowest BCUT2D eigenvalue weighted by molar-refractivity contribution is 0.338. The third-order valence-electron chi connectivity index (χ3n) is 3.04. The van der Waals surface area contributed by atoms with E-state index in [2.05, 4.69) is 13.8 Å². The molecule has 1 aromatic heterocycles. The minimum absolute atomic E-state index is 0.00331. The zero-order valence-corrected chi connectivity index (χ0v) is 14.3. The van der Waals surface area contributed by atoms with Crippen LogP contribution in [0.3, 0.4) is 0 Å². The number of halogens is 1. The van der Waals surface area contributed by atoms with Gasteiger partial charge < -0.3 is 0 Å². The zero-order chi connectivity index (χ0) is 14.6.